The fourth-order valence-corrected chi connectivity index (χ4v) is 9.62. The highest BCUT2D eigenvalue weighted by atomic mass is 16.7. The number of hydrogen-bond acceptors (Lipinski definition) is 16. The number of aliphatic hydroxyl groups excluding tert-OH is 2. The maximum absolute atomic E-state index is 14.5. The van der Waals surface area contributed by atoms with Crippen molar-refractivity contribution in [3.05, 3.63) is 0 Å². The molecule has 18 atom stereocenters. The van der Waals surface area contributed by atoms with E-state index in [-0.39, 0.29) is 43.8 Å². The zero-order valence-electron chi connectivity index (χ0n) is 40.5. The smallest absolute Gasteiger partial charge is 0.311 e. The van der Waals surface area contributed by atoms with Gasteiger partial charge < -0.3 is 68.3 Å². The number of rotatable bonds is 14. The summed E-state index contributed by atoms with van der Waals surface area (Å²) in [5.41, 5.74) is -4.33. The van der Waals surface area contributed by atoms with E-state index in [9.17, 15) is 29.7 Å². The fraction of sp³-hybridized carbons (Fsp3) is 0.933. The minimum atomic E-state index is -1.97. The Bertz CT molecular complexity index is 1440. The molecule has 0 aromatic carbocycles. The number of likely N-dealkylation sites (N-methyl/N-ethyl adjacent to an activating group) is 1. The zero-order valence-corrected chi connectivity index (χ0v) is 40.5. The quantitative estimate of drug-likeness (QED) is 0.185. The van der Waals surface area contributed by atoms with Gasteiger partial charge in [-0.1, -0.05) is 34.6 Å². The Morgan fingerprint density at radius 2 is 1.48 bits per heavy atom. The molecular weight excluding hydrogens is 807 g/mol. The van der Waals surface area contributed by atoms with Crippen LogP contribution in [0.2, 0.25) is 0 Å². The number of esters is 2. The van der Waals surface area contributed by atoms with E-state index in [0.717, 1.165) is 13.1 Å². The van der Waals surface area contributed by atoms with Crippen LogP contribution in [0, 0.1) is 17.8 Å². The van der Waals surface area contributed by atoms with Gasteiger partial charge in [0.1, 0.15) is 29.5 Å². The van der Waals surface area contributed by atoms with Crippen molar-refractivity contribution in [3.8, 4) is 0 Å². The van der Waals surface area contributed by atoms with Crippen molar-refractivity contribution in [3.63, 3.8) is 0 Å². The Hall–Kier alpha value is -2.03. The van der Waals surface area contributed by atoms with Crippen molar-refractivity contribution in [2.75, 3.05) is 47.9 Å². The van der Waals surface area contributed by atoms with Gasteiger partial charge >= 0.3 is 11.9 Å². The van der Waals surface area contributed by atoms with E-state index in [4.69, 9.17) is 37.9 Å². The highest BCUT2D eigenvalue weighted by Gasteiger charge is 2.54. The van der Waals surface area contributed by atoms with Crippen LogP contribution in [0.5, 0.6) is 0 Å². The van der Waals surface area contributed by atoms with Crippen molar-refractivity contribution in [1.82, 2.24) is 15.1 Å². The van der Waals surface area contributed by atoms with Crippen LogP contribution in [0.4, 0.5) is 0 Å². The molecule has 3 aliphatic rings. The maximum Gasteiger partial charge on any atom is 0.311 e. The van der Waals surface area contributed by atoms with Crippen molar-refractivity contribution < 1.29 is 67.6 Å². The number of methoxy groups -OCH3 is 2. The molecule has 0 aromatic rings. The molecule has 3 rings (SSSR count). The van der Waals surface area contributed by atoms with Gasteiger partial charge in [-0.3, -0.25) is 14.4 Å². The molecule has 0 saturated carbocycles. The van der Waals surface area contributed by atoms with Gasteiger partial charge in [-0.25, -0.2) is 0 Å². The van der Waals surface area contributed by atoms with Gasteiger partial charge in [-0.05, 0) is 94.9 Å². The number of nitrogens with zero attached hydrogens (tertiary/aromatic N) is 2. The number of ether oxygens (including phenoxy) is 8. The second kappa shape index (κ2) is 22.9. The molecule has 362 valence electrons. The molecule has 17 nitrogen and oxygen atoms in total. The largest absolute Gasteiger partial charge is 0.459 e. The Labute approximate surface area is 371 Å². The highest BCUT2D eigenvalue weighted by molar-refractivity contribution is 5.78. The van der Waals surface area contributed by atoms with Gasteiger partial charge in [0.2, 0.25) is 5.91 Å². The molecule has 3 fully saturated rings. The summed E-state index contributed by atoms with van der Waals surface area (Å²) in [6, 6.07) is -1.25. The standard InChI is InChI=1S/C45H83N3O14/c1-17-32-45(12,54)37(51)29(8)46-40(52)25(4)23-43(10,55-15)38(62-42-35(50)31(47(13)14)22-26(5)57-42)27(6)36(28(7)41(53)59-32)61-34-24-44(11,56-16)39(30(9)58-34)60-33(49)20-21-48(18-2)19-3/h25-32,34-39,42,50-51,54H,17-24H2,1-16H3,(H,46,52)/t25-,26-,27+,28-,29-,30+,31+,32-,34?,35+,36+,37-,38-,39+,42+,43-,44-,45-/m1/s1. The zero-order chi connectivity index (χ0) is 47.1. The predicted molar refractivity (Wildman–Crippen MR) is 231 cm³/mol. The van der Waals surface area contributed by atoms with Crippen LogP contribution in [0.1, 0.15) is 115 Å². The molecular formula is C45H83N3O14. The molecule has 1 amide bonds. The van der Waals surface area contributed by atoms with Gasteiger partial charge in [0.15, 0.2) is 18.7 Å². The molecule has 0 spiro atoms. The normalized spacial score (nSPS) is 43.1. The first-order valence-electron chi connectivity index (χ1n) is 22.7. The topological polar surface area (TPSA) is 204 Å². The van der Waals surface area contributed by atoms with Crippen molar-refractivity contribution in [1.29, 1.82) is 0 Å². The highest BCUT2D eigenvalue weighted by Crippen LogP contribution is 2.41. The molecule has 1 unspecified atom stereocenters. The average Bonchev–Trinajstić information content (AvgIpc) is 3.21. The molecule has 3 aliphatic heterocycles. The van der Waals surface area contributed by atoms with Crippen molar-refractivity contribution in [2.24, 2.45) is 17.8 Å². The number of amides is 1. The SMILES string of the molecule is CC[C@H]1OC(=O)[C@H](C)[C@@H](OC2C[C@@](C)(OC)[C@@H](OC(=O)CCN(CC)CC)[C@H](C)O2)[C@H](C)[C@@H](O[C@@H]2O[C@H](C)C[C@H](N(C)C)[C@@H]2O)[C@](C)(OC)C[C@@H](C)C(=O)N[C@H](C)[C@@H](O)[C@]1(C)O. The summed E-state index contributed by atoms with van der Waals surface area (Å²) in [5, 5.41) is 37.8. The first-order chi connectivity index (χ1) is 28.8. The second-order valence-corrected chi connectivity index (χ2v) is 19.0. The summed E-state index contributed by atoms with van der Waals surface area (Å²) in [6.45, 7) is 23.4. The summed E-state index contributed by atoms with van der Waals surface area (Å²) in [7, 11) is 6.80. The number of cyclic esters (lactones) is 1. The van der Waals surface area contributed by atoms with Crippen LogP contribution < -0.4 is 5.32 Å². The van der Waals surface area contributed by atoms with Crippen LogP contribution in [0.15, 0.2) is 0 Å². The van der Waals surface area contributed by atoms with E-state index in [1.54, 1.807) is 41.5 Å². The number of carbonyl (C=O) groups is 3. The lowest BCUT2D eigenvalue weighted by Crippen LogP contribution is -2.61. The predicted octanol–water partition coefficient (Wildman–Crippen LogP) is 3.02. The fourth-order valence-electron chi connectivity index (χ4n) is 9.62. The van der Waals surface area contributed by atoms with Crippen LogP contribution in [0.3, 0.4) is 0 Å². The number of carbonyl (C=O) groups excluding carboxylic acids is 3. The molecule has 3 saturated heterocycles. The third kappa shape index (κ3) is 12.9. The lowest BCUT2D eigenvalue weighted by atomic mass is 9.77. The molecule has 0 aromatic heterocycles. The first kappa shape index (κ1) is 54.3. The lowest BCUT2D eigenvalue weighted by molar-refractivity contribution is -0.320. The van der Waals surface area contributed by atoms with E-state index < -0.39 is 108 Å². The average molecular weight is 890 g/mol. The summed E-state index contributed by atoms with van der Waals surface area (Å²) < 4.78 is 51.1. The van der Waals surface area contributed by atoms with Crippen LogP contribution >= 0.6 is 0 Å². The molecule has 0 bridgehead atoms. The summed E-state index contributed by atoms with van der Waals surface area (Å²) in [5.74, 6) is -4.08. The minimum Gasteiger partial charge on any atom is -0.459 e. The number of hydrogen-bond donors (Lipinski definition) is 4. The maximum atomic E-state index is 14.5. The number of aliphatic hydroxyl groups is 3. The third-order valence-corrected chi connectivity index (χ3v) is 13.9. The molecule has 17 heteroatoms. The second-order valence-electron chi connectivity index (χ2n) is 19.0. The number of nitrogens with one attached hydrogen (secondary N) is 1. The van der Waals surface area contributed by atoms with Crippen molar-refractivity contribution >= 4 is 17.8 Å². The van der Waals surface area contributed by atoms with E-state index in [1.165, 1.54) is 21.1 Å². The molecule has 62 heavy (non-hydrogen) atoms. The summed E-state index contributed by atoms with van der Waals surface area (Å²) in [4.78, 5) is 45.6. The monoisotopic (exact) mass is 890 g/mol. The van der Waals surface area contributed by atoms with Gasteiger partial charge in [-0.2, -0.15) is 0 Å². The lowest BCUT2D eigenvalue weighted by Gasteiger charge is -2.49. The van der Waals surface area contributed by atoms with E-state index in [1.807, 2.05) is 53.6 Å². The van der Waals surface area contributed by atoms with Gasteiger partial charge in [-0.15, -0.1) is 0 Å². The molecule has 4 N–H and O–H groups in total. The van der Waals surface area contributed by atoms with Crippen LogP contribution in [-0.4, -0.2) is 181 Å². The summed E-state index contributed by atoms with van der Waals surface area (Å²) >= 11 is 0. The Balaban J connectivity index is 2.17. The Morgan fingerprint density at radius 3 is 2.03 bits per heavy atom. The molecule has 0 radical (unpaired) electrons. The van der Waals surface area contributed by atoms with Crippen molar-refractivity contribution in [2.45, 2.75) is 205 Å². The van der Waals surface area contributed by atoms with Crippen LogP contribution in [0.25, 0.3) is 0 Å². The Kier molecular flexibility index (Phi) is 20.1. The van der Waals surface area contributed by atoms with Gasteiger partial charge in [0.25, 0.3) is 0 Å². The van der Waals surface area contributed by atoms with E-state index >= 15 is 0 Å². The summed E-state index contributed by atoms with van der Waals surface area (Å²) in [6.07, 6.45) is -8.74. The first-order valence-corrected chi connectivity index (χ1v) is 22.7. The van der Waals surface area contributed by atoms with E-state index in [2.05, 4.69) is 10.2 Å². The Morgan fingerprint density at radius 1 is 0.887 bits per heavy atom. The molecule has 0 aliphatic carbocycles. The van der Waals surface area contributed by atoms with Crippen LogP contribution in [-0.2, 0) is 52.3 Å². The minimum absolute atomic E-state index is 0.0855. The third-order valence-electron chi connectivity index (χ3n) is 13.9. The van der Waals surface area contributed by atoms with Gasteiger partial charge in [0, 0.05) is 45.1 Å². The van der Waals surface area contributed by atoms with E-state index in [0.29, 0.717) is 13.0 Å². The molecule has 3 heterocycles. The van der Waals surface area contributed by atoms with Gasteiger partial charge in [0.05, 0.1) is 48.4 Å².